The van der Waals surface area contributed by atoms with E-state index in [9.17, 15) is 0 Å². The maximum Gasteiger partial charge on any atom is 0.191 e. The smallest absolute Gasteiger partial charge is 0.191 e. The van der Waals surface area contributed by atoms with Gasteiger partial charge in [0.2, 0.25) is 0 Å². The molecule has 0 spiro atoms. The number of aliphatic imine (C=N–C) groups is 1. The van der Waals surface area contributed by atoms with E-state index in [1.807, 2.05) is 7.05 Å². The molecule has 0 aromatic rings. The summed E-state index contributed by atoms with van der Waals surface area (Å²) in [7, 11) is 1.85. The Balaban J connectivity index is 0.00000484. The van der Waals surface area contributed by atoms with Gasteiger partial charge in [0.05, 0.1) is 0 Å². The van der Waals surface area contributed by atoms with Gasteiger partial charge in [-0.2, -0.15) is 0 Å². The second-order valence-electron chi connectivity index (χ2n) is 6.08. The molecule has 0 radical (unpaired) electrons. The summed E-state index contributed by atoms with van der Waals surface area (Å²) in [4.78, 5) is 6.88. The molecule has 0 amide bonds. The first kappa shape index (κ1) is 22.9. The lowest BCUT2D eigenvalue weighted by molar-refractivity contribution is 0.129. The summed E-state index contributed by atoms with van der Waals surface area (Å²) >= 11 is 0. The van der Waals surface area contributed by atoms with Crippen LogP contribution in [0.2, 0.25) is 0 Å². The van der Waals surface area contributed by atoms with Crippen LogP contribution in [0.3, 0.4) is 0 Å². The summed E-state index contributed by atoms with van der Waals surface area (Å²) in [5.74, 6) is 0.933. The zero-order chi connectivity index (χ0) is 16.0. The Morgan fingerprint density at radius 1 is 1.13 bits per heavy atom. The van der Waals surface area contributed by atoms with Crippen LogP contribution in [0, 0.1) is 0 Å². The Morgan fingerprint density at radius 3 is 2.43 bits per heavy atom. The first-order chi connectivity index (χ1) is 10.8. The first-order valence-electron chi connectivity index (χ1n) is 9.07. The maximum absolute atomic E-state index is 5.57. The number of hydrogen-bond acceptors (Lipinski definition) is 3. The van der Waals surface area contributed by atoms with Gasteiger partial charge in [-0.15, -0.1) is 24.0 Å². The van der Waals surface area contributed by atoms with Crippen molar-refractivity contribution in [2.24, 2.45) is 4.99 Å². The molecule has 0 aliphatic carbocycles. The Hall–Kier alpha value is -0.0800. The number of piperidine rings is 1. The molecule has 0 aromatic carbocycles. The highest BCUT2D eigenvalue weighted by Gasteiger charge is 2.18. The number of halogens is 1. The summed E-state index contributed by atoms with van der Waals surface area (Å²) in [6.45, 7) is 10.7. The van der Waals surface area contributed by atoms with Gasteiger partial charge < -0.3 is 20.3 Å². The van der Waals surface area contributed by atoms with Crippen molar-refractivity contribution in [3.63, 3.8) is 0 Å². The van der Waals surface area contributed by atoms with Crippen molar-refractivity contribution in [1.82, 2.24) is 15.5 Å². The number of rotatable bonds is 10. The molecule has 1 saturated heterocycles. The van der Waals surface area contributed by atoms with E-state index in [1.165, 1.54) is 45.3 Å². The summed E-state index contributed by atoms with van der Waals surface area (Å²) in [5.41, 5.74) is 0. The van der Waals surface area contributed by atoms with Crippen molar-refractivity contribution in [2.45, 2.75) is 58.4 Å². The van der Waals surface area contributed by atoms with Crippen LogP contribution in [-0.4, -0.2) is 63.3 Å². The predicted molar refractivity (Wildman–Crippen MR) is 110 cm³/mol. The average Bonchev–Trinajstić information content (AvgIpc) is 2.55. The van der Waals surface area contributed by atoms with Crippen molar-refractivity contribution in [1.29, 1.82) is 0 Å². The van der Waals surface area contributed by atoms with Crippen molar-refractivity contribution < 1.29 is 4.74 Å². The van der Waals surface area contributed by atoms with Gasteiger partial charge in [-0.25, -0.2) is 0 Å². The second-order valence-corrected chi connectivity index (χ2v) is 6.08. The summed E-state index contributed by atoms with van der Waals surface area (Å²) < 4.78 is 5.57. The minimum atomic E-state index is 0. The number of unbranched alkanes of at least 4 members (excludes halogenated alkanes) is 1. The van der Waals surface area contributed by atoms with Crippen LogP contribution in [0.1, 0.15) is 52.4 Å². The van der Waals surface area contributed by atoms with Crippen molar-refractivity contribution in [3.8, 4) is 0 Å². The highest BCUT2D eigenvalue weighted by atomic mass is 127. The normalized spacial score (nSPS) is 16.9. The fraction of sp³-hybridized carbons (Fsp3) is 0.941. The number of ether oxygens (including phenoxy) is 1. The third kappa shape index (κ3) is 11.2. The minimum absolute atomic E-state index is 0. The maximum atomic E-state index is 5.57. The highest BCUT2D eigenvalue weighted by molar-refractivity contribution is 14.0. The fourth-order valence-electron chi connectivity index (χ4n) is 2.73. The van der Waals surface area contributed by atoms with E-state index in [0.29, 0.717) is 6.04 Å². The van der Waals surface area contributed by atoms with Gasteiger partial charge >= 0.3 is 0 Å². The second kappa shape index (κ2) is 15.4. The van der Waals surface area contributed by atoms with Gasteiger partial charge in [0.25, 0.3) is 0 Å². The Kier molecular flexibility index (Phi) is 15.4. The third-order valence-electron chi connectivity index (χ3n) is 4.09. The van der Waals surface area contributed by atoms with Crippen LogP contribution < -0.4 is 10.6 Å². The molecule has 1 heterocycles. The molecule has 1 rings (SSSR count). The van der Waals surface area contributed by atoms with Crippen LogP contribution in [0.4, 0.5) is 0 Å². The van der Waals surface area contributed by atoms with Crippen molar-refractivity contribution in [2.75, 3.05) is 46.4 Å². The Morgan fingerprint density at radius 2 is 1.83 bits per heavy atom. The lowest BCUT2D eigenvalue weighted by atomic mass is 10.1. The molecule has 1 aliphatic heterocycles. The molecule has 6 heteroatoms. The lowest BCUT2D eigenvalue weighted by Gasteiger charge is -2.32. The molecule has 5 nitrogen and oxygen atoms in total. The van der Waals surface area contributed by atoms with E-state index in [4.69, 9.17) is 4.74 Å². The van der Waals surface area contributed by atoms with E-state index >= 15 is 0 Å². The van der Waals surface area contributed by atoms with E-state index < -0.39 is 0 Å². The summed E-state index contributed by atoms with van der Waals surface area (Å²) in [5, 5.41) is 6.94. The molecular weight excluding hydrogens is 403 g/mol. The molecule has 1 fully saturated rings. The number of hydrogen-bond donors (Lipinski definition) is 2. The molecule has 1 aliphatic rings. The Bertz CT molecular complexity index is 294. The zero-order valence-corrected chi connectivity index (χ0v) is 17.6. The average molecular weight is 440 g/mol. The number of guanidine groups is 1. The van der Waals surface area contributed by atoms with Gasteiger partial charge in [0, 0.05) is 45.9 Å². The minimum Gasteiger partial charge on any atom is -0.381 e. The van der Waals surface area contributed by atoms with Crippen LogP contribution in [0.5, 0.6) is 0 Å². The van der Waals surface area contributed by atoms with Crippen molar-refractivity contribution >= 4 is 29.9 Å². The first-order valence-corrected chi connectivity index (χ1v) is 9.07. The van der Waals surface area contributed by atoms with Gasteiger partial charge in [-0.3, -0.25) is 4.99 Å². The molecule has 0 atom stereocenters. The standard InChI is InChI=1S/C17H36N4O.HI/c1-4-6-14-22-15-7-10-19-17(18-3)20-16-8-12-21(11-5-2)13-9-16;/h16H,4-15H2,1-3H3,(H2,18,19,20);1H. The van der Waals surface area contributed by atoms with E-state index in [-0.39, 0.29) is 24.0 Å². The monoisotopic (exact) mass is 440 g/mol. The van der Waals surface area contributed by atoms with Crippen LogP contribution >= 0.6 is 24.0 Å². The largest absolute Gasteiger partial charge is 0.381 e. The van der Waals surface area contributed by atoms with Crippen molar-refractivity contribution in [3.05, 3.63) is 0 Å². The third-order valence-corrected chi connectivity index (χ3v) is 4.09. The SMILES string of the molecule is CCCCOCCCNC(=NC)NC1CCN(CCC)CC1.I. The Labute approximate surface area is 160 Å². The number of nitrogens with zero attached hydrogens (tertiary/aromatic N) is 2. The van der Waals surface area contributed by atoms with Crippen LogP contribution in [0.25, 0.3) is 0 Å². The van der Waals surface area contributed by atoms with Gasteiger partial charge in [-0.05, 0) is 38.6 Å². The van der Waals surface area contributed by atoms with Gasteiger partial charge in [0.1, 0.15) is 0 Å². The summed E-state index contributed by atoms with van der Waals surface area (Å²) in [6, 6.07) is 0.556. The van der Waals surface area contributed by atoms with Gasteiger partial charge in [-0.1, -0.05) is 20.3 Å². The molecule has 138 valence electrons. The quantitative estimate of drug-likeness (QED) is 0.238. The van der Waals surface area contributed by atoms with Crippen LogP contribution in [0.15, 0.2) is 4.99 Å². The molecular formula is C17H37IN4O. The number of likely N-dealkylation sites (tertiary alicyclic amines) is 1. The zero-order valence-electron chi connectivity index (χ0n) is 15.3. The summed E-state index contributed by atoms with van der Waals surface area (Å²) in [6.07, 6.45) is 7.06. The molecule has 0 saturated carbocycles. The van der Waals surface area contributed by atoms with E-state index in [1.54, 1.807) is 0 Å². The topological polar surface area (TPSA) is 48.9 Å². The lowest BCUT2D eigenvalue weighted by Crippen LogP contribution is -2.49. The molecule has 23 heavy (non-hydrogen) atoms. The predicted octanol–water partition coefficient (Wildman–Crippen LogP) is 2.85. The van der Waals surface area contributed by atoms with E-state index in [0.717, 1.165) is 38.6 Å². The molecule has 0 bridgehead atoms. The van der Waals surface area contributed by atoms with E-state index in [2.05, 4.69) is 34.4 Å². The molecule has 2 N–H and O–H groups in total. The molecule has 0 aromatic heterocycles. The number of nitrogens with one attached hydrogen (secondary N) is 2. The fourth-order valence-corrected chi connectivity index (χ4v) is 2.73. The molecule has 0 unspecified atom stereocenters. The highest BCUT2D eigenvalue weighted by Crippen LogP contribution is 2.10. The van der Waals surface area contributed by atoms with Crippen LogP contribution in [-0.2, 0) is 4.74 Å². The van der Waals surface area contributed by atoms with Gasteiger partial charge in [0.15, 0.2) is 5.96 Å².